The average molecular weight is 434 g/mol. The van der Waals surface area contributed by atoms with Gasteiger partial charge in [0.15, 0.2) is 11.5 Å². The van der Waals surface area contributed by atoms with Crippen molar-refractivity contribution in [1.82, 2.24) is 19.4 Å². The minimum atomic E-state index is 0.679. The molecule has 1 saturated heterocycles. The van der Waals surface area contributed by atoms with Crippen LogP contribution in [0.25, 0.3) is 16.6 Å². The number of anilines is 1. The molecule has 28 heavy (non-hydrogen) atoms. The molecule has 1 aliphatic heterocycles. The summed E-state index contributed by atoms with van der Waals surface area (Å²) in [7, 11) is 0. The number of morpholine rings is 1. The van der Waals surface area contributed by atoms with E-state index in [2.05, 4.69) is 42.6 Å². The van der Waals surface area contributed by atoms with Crippen LogP contribution < -0.4 is 4.90 Å². The molecular formula is C21H16BrN5O. The Morgan fingerprint density at radius 2 is 1.79 bits per heavy atom. The number of aromatic nitrogens is 4. The second kappa shape index (κ2) is 7.23. The van der Waals surface area contributed by atoms with E-state index in [1.165, 1.54) is 0 Å². The van der Waals surface area contributed by atoms with Crippen LogP contribution in [0.15, 0.2) is 53.4 Å². The number of pyridine rings is 1. The zero-order valence-corrected chi connectivity index (χ0v) is 16.6. The molecule has 4 heterocycles. The Kier molecular flexibility index (Phi) is 4.43. The summed E-state index contributed by atoms with van der Waals surface area (Å²) < 4.78 is 8.25. The SMILES string of the molecule is Brc1cnc(N2CCOCC2)c2nc(C#Cc3ccc4ccccc4n3)cn12. The first-order chi connectivity index (χ1) is 13.8. The molecule has 1 aliphatic rings. The highest BCUT2D eigenvalue weighted by molar-refractivity contribution is 9.10. The predicted octanol–water partition coefficient (Wildman–Crippen LogP) is 3.28. The van der Waals surface area contributed by atoms with Crippen LogP contribution in [0.5, 0.6) is 0 Å². The summed E-state index contributed by atoms with van der Waals surface area (Å²) in [5.41, 5.74) is 3.12. The molecule has 0 unspecified atom stereocenters. The topological polar surface area (TPSA) is 55.5 Å². The zero-order valence-electron chi connectivity index (χ0n) is 15.0. The second-order valence-electron chi connectivity index (χ2n) is 6.46. The van der Waals surface area contributed by atoms with Gasteiger partial charge in [-0.25, -0.2) is 15.0 Å². The maximum Gasteiger partial charge on any atom is 0.182 e. The van der Waals surface area contributed by atoms with Gasteiger partial charge in [0.05, 0.1) is 24.9 Å². The lowest BCUT2D eigenvalue weighted by Gasteiger charge is -2.27. The molecular weight excluding hydrogens is 418 g/mol. The van der Waals surface area contributed by atoms with E-state index in [-0.39, 0.29) is 0 Å². The van der Waals surface area contributed by atoms with Gasteiger partial charge in [-0.1, -0.05) is 24.3 Å². The average Bonchev–Trinajstić information content (AvgIpc) is 3.18. The Hall–Kier alpha value is -2.95. The summed E-state index contributed by atoms with van der Waals surface area (Å²) >= 11 is 3.55. The Labute approximate surface area is 170 Å². The van der Waals surface area contributed by atoms with Crippen molar-refractivity contribution in [2.45, 2.75) is 0 Å². The number of halogens is 1. The van der Waals surface area contributed by atoms with Gasteiger partial charge in [0.1, 0.15) is 16.0 Å². The van der Waals surface area contributed by atoms with Gasteiger partial charge >= 0.3 is 0 Å². The van der Waals surface area contributed by atoms with E-state index in [4.69, 9.17) is 9.72 Å². The Balaban J connectivity index is 1.53. The Morgan fingerprint density at radius 1 is 0.964 bits per heavy atom. The van der Waals surface area contributed by atoms with E-state index in [0.29, 0.717) is 18.9 Å². The van der Waals surface area contributed by atoms with Crippen molar-refractivity contribution in [2.24, 2.45) is 0 Å². The molecule has 0 aliphatic carbocycles. The Bertz CT molecular complexity index is 1230. The predicted molar refractivity (Wildman–Crippen MR) is 111 cm³/mol. The molecule has 0 amide bonds. The van der Waals surface area contributed by atoms with Gasteiger partial charge in [-0.15, -0.1) is 0 Å². The molecule has 0 bridgehead atoms. The van der Waals surface area contributed by atoms with Crippen molar-refractivity contribution in [3.8, 4) is 11.8 Å². The highest BCUT2D eigenvalue weighted by atomic mass is 79.9. The first kappa shape index (κ1) is 17.2. The van der Waals surface area contributed by atoms with Crippen LogP contribution in [0, 0.1) is 11.8 Å². The van der Waals surface area contributed by atoms with Crippen molar-refractivity contribution >= 4 is 38.3 Å². The van der Waals surface area contributed by atoms with Gasteiger partial charge in [-0.2, -0.15) is 0 Å². The molecule has 138 valence electrons. The summed E-state index contributed by atoms with van der Waals surface area (Å²) in [5.74, 6) is 7.11. The van der Waals surface area contributed by atoms with Gasteiger partial charge < -0.3 is 9.64 Å². The van der Waals surface area contributed by atoms with Crippen molar-refractivity contribution in [3.63, 3.8) is 0 Å². The largest absolute Gasteiger partial charge is 0.378 e. The maximum absolute atomic E-state index is 5.45. The van der Waals surface area contributed by atoms with Crippen LogP contribution in [0.4, 0.5) is 5.82 Å². The summed E-state index contributed by atoms with van der Waals surface area (Å²) in [6.07, 6.45) is 3.71. The first-order valence-corrected chi connectivity index (χ1v) is 9.81. The molecule has 3 aromatic heterocycles. The number of nitrogens with zero attached hydrogens (tertiary/aromatic N) is 5. The molecule has 0 radical (unpaired) electrons. The van der Waals surface area contributed by atoms with Crippen LogP contribution in [0.2, 0.25) is 0 Å². The van der Waals surface area contributed by atoms with E-state index >= 15 is 0 Å². The number of para-hydroxylation sites is 1. The molecule has 0 saturated carbocycles. The number of imidazole rings is 1. The summed E-state index contributed by atoms with van der Waals surface area (Å²) in [6, 6.07) is 12.0. The normalized spacial score (nSPS) is 14.2. The lowest BCUT2D eigenvalue weighted by molar-refractivity contribution is 0.122. The third-order valence-corrected chi connectivity index (χ3v) is 5.24. The van der Waals surface area contributed by atoms with Crippen LogP contribution in [-0.2, 0) is 4.74 Å². The Morgan fingerprint density at radius 3 is 2.68 bits per heavy atom. The van der Waals surface area contributed by atoms with Gasteiger partial charge in [0.2, 0.25) is 0 Å². The van der Waals surface area contributed by atoms with Gasteiger partial charge in [0.25, 0.3) is 0 Å². The zero-order chi connectivity index (χ0) is 18.9. The van der Waals surface area contributed by atoms with Crippen LogP contribution in [0.1, 0.15) is 11.4 Å². The van der Waals surface area contributed by atoms with Crippen molar-refractivity contribution < 1.29 is 4.74 Å². The summed E-state index contributed by atoms with van der Waals surface area (Å²) in [4.78, 5) is 16.1. The van der Waals surface area contributed by atoms with Gasteiger partial charge in [-0.3, -0.25) is 4.40 Å². The fraction of sp³-hybridized carbons (Fsp3) is 0.190. The maximum atomic E-state index is 5.45. The van der Waals surface area contributed by atoms with Gasteiger partial charge in [0, 0.05) is 24.7 Å². The first-order valence-electron chi connectivity index (χ1n) is 9.02. The van der Waals surface area contributed by atoms with E-state index < -0.39 is 0 Å². The smallest absolute Gasteiger partial charge is 0.182 e. The second-order valence-corrected chi connectivity index (χ2v) is 7.28. The summed E-state index contributed by atoms with van der Waals surface area (Å²) in [5, 5.41) is 1.10. The monoisotopic (exact) mass is 433 g/mol. The molecule has 0 spiro atoms. The van der Waals surface area contributed by atoms with Crippen LogP contribution in [0.3, 0.4) is 0 Å². The minimum Gasteiger partial charge on any atom is -0.378 e. The van der Waals surface area contributed by atoms with E-state index in [9.17, 15) is 0 Å². The van der Waals surface area contributed by atoms with Crippen LogP contribution >= 0.6 is 15.9 Å². The van der Waals surface area contributed by atoms with E-state index in [0.717, 1.165) is 45.8 Å². The quantitative estimate of drug-likeness (QED) is 0.431. The fourth-order valence-electron chi connectivity index (χ4n) is 3.26. The number of rotatable bonds is 1. The standard InChI is InChI=1S/C21H16BrN5O/c22-19-13-23-20(26-9-11-28-12-10-26)21-25-17(14-27(19)21)8-7-16-6-5-15-3-1-2-4-18(15)24-16/h1-6,13-14H,9-12H2. The lowest BCUT2D eigenvalue weighted by atomic mass is 10.2. The number of ether oxygens (including phenoxy) is 1. The third-order valence-electron chi connectivity index (χ3n) is 4.66. The molecule has 1 aromatic carbocycles. The molecule has 0 atom stereocenters. The van der Waals surface area contributed by atoms with E-state index in [1.807, 2.05) is 47.0 Å². The number of hydrogen-bond donors (Lipinski definition) is 0. The molecule has 6 nitrogen and oxygen atoms in total. The van der Waals surface area contributed by atoms with Crippen molar-refractivity contribution in [3.05, 3.63) is 64.8 Å². The van der Waals surface area contributed by atoms with Crippen molar-refractivity contribution in [2.75, 3.05) is 31.2 Å². The lowest BCUT2D eigenvalue weighted by Crippen LogP contribution is -2.37. The van der Waals surface area contributed by atoms with Crippen LogP contribution in [-0.4, -0.2) is 45.7 Å². The number of benzene rings is 1. The fourth-order valence-corrected chi connectivity index (χ4v) is 3.63. The number of hydrogen-bond acceptors (Lipinski definition) is 5. The highest BCUT2D eigenvalue weighted by Crippen LogP contribution is 2.23. The summed E-state index contributed by atoms with van der Waals surface area (Å²) in [6.45, 7) is 3.01. The minimum absolute atomic E-state index is 0.679. The molecule has 1 fully saturated rings. The highest BCUT2D eigenvalue weighted by Gasteiger charge is 2.18. The third kappa shape index (κ3) is 3.21. The molecule has 4 aromatic rings. The van der Waals surface area contributed by atoms with Gasteiger partial charge in [-0.05, 0) is 39.9 Å². The molecule has 5 rings (SSSR count). The van der Waals surface area contributed by atoms with Crippen molar-refractivity contribution in [1.29, 1.82) is 0 Å². The molecule has 0 N–H and O–H groups in total. The van der Waals surface area contributed by atoms with E-state index in [1.54, 1.807) is 6.20 Å². The number of fused-ring (bicyclic) bond motifs is 2. The molecule has 7 heteroatoms.